The van der Waals surface area contributed by atoms with Gasteiger partial charge in [-0.25, -0.2) is 0 Å². The van der Waals surface area contributed by atoms with E-state index >= 15 is 0 Å². The second-order valence-corrected chi connectivity index (χ2v) is 5.20. The van der Waals surface area contributed by atoms with Crippen LogP contribution < -0.4 is 5.32 Å². The molecule has 0 radical (unpaired) electrons. The first-order valence-corrected chi connectivity index (χ1v) is 7.49. The van der Waals surface area contributed by atoms with Gasteiger partial charge in [0, 0.05) is 10.6 Å². The Bertz CT molecular complexity index is 641. The maximum Gasteiger partial charge on any atom is 0.0596 e. The molecular weight excluding hydrogens is 250 g/mol. The molecule has 0 saturated heterocycles. The summed E-state index contributed by atoms with van der Waals surface area (Å²) in [6, 6.07) is 18.8. The van der Waals surface area contributed by atoms with Crippen LogP contribution in [0.1, 0.15) is 11.1 Å². The Labute approximate surface area is 118 Å². The Morgan fingerprint density at radius 2 is 1.58 bits per heavy atom. The van der Waals surface area contributed by atoms with Gasteiger partial charge in [-0.3, -0.25) is 0 Å². The van der Waals surface area contributed by atoms with Crippen molar-refractivity contribution in [2.75, 3.05) is 11.6 Å². The highest BCUT2D eigenvalue weighted by molar-refractivity contribution is 8.02. The largest absolute Gasteiger partial charge is 0.354 e. The van der Waals surface area contributed by atoms with Crippen LogP contribution in [-0.2, 0) is 0 Å². The molecule has 3 rings (SSSR count). The fourth-order valence-corrected chi connectivity index (χ4v) is 2.77. The quantitative estimate of drug-likeness (QED) is 0.832. The Morgan fingerprint density at radius 3 is 2.37 bits per heavy atom. The van der Waals surface area contributed by atoms with E-state index in [2.05, 4.69) is 72.3 Å². The van der Waals surface area contributed by atoms with Crippen molar-refractivity contribution < 1.29 is 0 Å². The SMILES string of the molecule is CSC1=C(c2ccccc2)Nc2ccccc2C=C1. The highest BCUT2D eigenvalue weighted by atomic mass is 32.2. The molecule has 0 spiro atoms. The molecule has 2 aromatic rings. The number of fused-ring (bicyclic) bond motifs is 1. The zero-order valence-electron chi connectivity index (χ0n) is 10.8. The van der Waals surface area contributed by atoms with Gasteiger partial charge >= 0.3 is 0 Å². The molecule has 94 valence electrons. The zero-order chi connectivity index (χ0) is 13.1. The average Bonchev–Trinajstić information content (AvgIpc) is 2.67. The number of nitrogens with one attached hydrogen (secondary N) is 1. The summed E-state index contributed by atoms with van der Waals surface area (Å²) in [4.78, 5) is 1.25. The van der Waals surface area contributed by atoms with Crippen molar-refractivity contribution in [2.24, 2.45) is 0 Å². The van der Waals surface area contributed by atoms with Crippen LogP contribution in [0.2, 0.25) is 0 Å². The molecule has 1 aliphatic heterocycles. The van der Waals surface area contributed by atoms with Crippen molar-refractivity contribution in [1.82, 2.24) is 0 Å². The van der Waals surface area contributed by atoms with Crippen LogP contribution in [0.3, 0.4) is 0 Å². The van der Waals surface area contributed by atoms with Crippen LogP contribution in [0.25, 0.3) is 11.8 Å². The van der Waals surface area contributed by atoms with Crippen molar-refractivity contribution in [3.8, 4) is 0 Å². The van der Waals surface area contributed by atoms with Gasteiger partial charge in [0.1, 0.15) is 0 Å². The molecule has 0 aromatic heterocycles. The predicted molar refractivity (Wildman–Crippen MR) is 86.0 cm³/mol. The number of thioether (sulfide) groups is 1. The molecule has 0 amide bonds. The van der Waals surface area contributed by atoms with Crippen LogP contribution in [0.4, 0.5) is 5.69 Å². The molecule has 1 aliphatic rings. The normalized spacial score (nSPS) is 13.7. The van der Waals surface area contributed by atoms with Gasteiger partial charge < -0.3 is 5.32 Å². The molecule has 0 saturated carbocycles. The van der Waals surface area contributed by atoms with E-state index in [1.807, 2.05) is 6.07 Å². The van der Waals surface area contributed by atoms with Gasteiger partial charge in [-0.05, 0) is 29.5 Å². The summed E-state index contributed by atoms with van der Waals surface area (Å²) in [5.74, 6) is 0. The molecule has 1 heterocycles. The first kappa shape index (κ1) is 12.1. The third kappa shape index (κ3) is 2.45. The van der Waals surface area contributed by atoms with Gasteiger partial charge in [-0.2, -0.15) is 0 Å². The monoisotopic (exact) mass is 265 g/mol. The number of allylic oxidation sites excluding steroid dienone is 1. The highest BCUT2D eigenvalue weighted by Crippen LogP contribution is 2.33. The Morgan fingerprint density at radius 1 is 0.842 bits per heavy atom. The second kappa shape index (κ2) is 5.37. The van der Waals surface area contributed by atoms with Crippen molar-refractivity contribution in [3.63, 3.8) is 0 Å². The lowest BCUT2D eigenvalue weighted by Crippen LogP contribution is -2.00. The summed E-state index contributed by atoms with van der Waals surface area (Å²) < 4.78 is 0. The van der Waals surface area contributed by atoms with Crippen LogP contribution in [0.5, 0.6) is 0 Å². The average molecular weight is 265 g/mol. The summed E-state index contributed by atoms with van der Waals surface area (Å²) in [6.07, 6.45) is 6.47. The molecule has 0 fully saturated rings. The molecule has 1 nitrogen and oxygen atoms in total. The minimum atomic E-state index is 1.15. The van der Waals surface area contributed by atoms with E-state index in [1.54, 1.807) is 11.8 Å². The zero-order valence-corrected chi connectivity index (χ0v) is 11.6. The van der Waals surface area contributed by atoms with Crippen molar-refractivity contribution in [2.45, 2.75) is 0 Å². The molecular formula is C17H15NS. The number of hydrogen-bond donors (Lipinski definition) is 1. The molecule has 2 heteroatoms. The summed E-state index contributed by atoms with van der Waals surface area (Å²) in [5, 5.41) is 3.57. The Kier molecular flexibility index (Phi) is 3.43. The number of anilines is 1. The lowest BCUT2D eigenvalue weighted by atomic mass is 10.1. The fourth-order valence-electron chi connectivity index (χ4n) is 2.19. The maximum atomic E-state index is 3.57. The molecule has 0 atom stereocenters. The summed E-state index contributed by atoms with van der Waals surface area (Å²) in [7, 11) is 0. The summed E-state index contributed by atoms with van der Waals surface area (Å²) >= 11 is 1.76. The van der Waals surface area contributed by atoms with Gasteiger partial charge in [-0.1, -0.05) is 54.6 Å². The van der Waals surface area contributed by atoms with Gasteiger partial charge in [-0.15, -0.1) is 11.8 Å². The molecule has 0 unspecified atom stereocenters. The number of benzene rings is 2. The number of rotatable bonds is 2. The molecule has 1 N–H and O–H groups in total. The van der Waals surface area contributed by atoms with E-state index in [1.165, 1.54) is 21.7 Å². The molecule has 0 aliphatic carbocycles. The van der Waals surface area contributed by atoms with Crippen molar-refractivity contribution in [3.05, 3.63) is 76.7 Å². The van der Waals surface area contributed by atoms with Crippen molar-refractivity contribution >= 4 is 29.2 Å². The van der Waals surface area contributed by atoms with Gasteiger partial charge in [0.15, 0.2) is 0 Å². The first-order valence-electron chi connectivity index (χ1n) is 6.26. The lowest BCUT2D eigenvalue weighted by molar-refractivity contribution is 1.52. The topological polar surface area (TPSA) is 12.0 Å². The third-order valence-corrected chi connectivity index (χ3v) is 3.94. The first-order chi connectivity index (χ1) is 9.38. The third-order valence-electron chi connectivity index (χ3n) is 3.16. The number of hydrogen-bond acceptors (Lipinski definition) is 2. The number of para-hydroxylation sites is 1. The van der Waals surface area contributed by atoms with Crippen LogP contribution in [-0.4, -0.2) is 6.26 Å². The molecule has 19 heavy (non-hydrogen) atoms. The van der Waals surface area contributed by atoms with E-state index in [0.29, 0.717) is 0 Å². The van der Waals surface area contributed by atoms with Crippen molar-refractivity contribution in [1.29, 1.82) is 0 Å². The Hall–Kier alpha value is -1.93. The minimum absolute atomic E-state index is 1.15. The highest BCUT2D eigenvalue weighted by Gasteiger charge is 2.11. The fraction of sp³-hybridized carbons (Fsp3) is 0.0588. The minimum Gasteiger partial charge on any atom is -0.354 e. The van der Waals surface area contributed by atoms with E-state index in [-0.39, 0.29) is 0 Å². The smallest absolute Gasteiger partial charge is 0.0596 e. The van der Waals surface area contributed by atoms with E-state index in [0.717, 1.165) is 5.69 Å². The van der Waals surface area contributed by atoms with E-state index < -0.39 is 0 Å². The lowest BCUT2D eigenvalue weighted by Gasteiger charge is -2.14. The van der Waals surface area contributed by atoms with Crippen LogP contribution in [0.15, 0.2) is 65.6 Å². The van der Waals surface area contributed by atoms with Gasteiger partial charge in [0.2, 0.25) is 0 Å². The predicted octanol–water partition coefficient (Wildman–Crippen LogP) is 4.86. The maximum absolute atomic E-state index is 3.57. The summed E-state index contributed by atoms with van der Waals surface area (Å²) in [6.45, 7) is 0. The van der Waals surface area contributed by atoms with E-state index in [4.69, 9.17) is 0 Å². The van der Waals surface area contributed by atoms with Gasteiger partial charge in [0.05, 0.1) is 5.70 Å². The van der Waals surface area contributed by atoms with Gasteiger partial charge in [0.25, 0.3) is 0 Å². The van der Waals surface area contributed by atoms with E-state index in [9.17, 15) is 0 Å². The van der Waals surface area contributed by atoms with Crippen LogP contribution in [0, 0.1) is 0 Å². The second-order valence-electron chi connectivity index (χ2n) is 4.35. The standard InChI is InChI=1S/C17H15NS/c1-19-16-12-11-13-7-5-6-10-15(13)18-17(16)14-8-3-2-4-9-14/h2-12,18H,1H3. The Balaban J connectivity index is 2.12. The summed E-state index contributed by atoms with van der Waals surface area (Å²) in [5.41, 5.74) is 4.77. The molecule has 0 bridgehead atoms. The molecule has 2 aromatic carbocycles. The van der Waals surface area contributed by atoms with Crippen LogP contribution >= 0.6 is 11.8 Å².